The van der Waals surface area contributed by atoms with Crippen molar-refractivity contribution in [2.24, 2.45) is 0 Å². The average Bonchev–Trinajstić information content (AvgIpc) is 2.55. The molecule has 3 rings (SSSR count). The summed E-state index contributed by atoms with van der Waals surface area (Å²) < 4.78 is 29.6. The van der Waals surface area contributed by atoms with E-state index >= 15 is 0 Å². The highest BCUT2D eigenvalue weighted by Crippen LogP contribution is 2.28. The molecule has 0 amide bonds. The van der Waals surface area contributed by atoms with Gasteiger partial charge in [0.05, 0.1) is 6.61 Å². The van der Waals surface area contributed by atoms with Crippen molar-refractivity contribution in [3.8, 4) is 5.75 Å². The Balaban J connectivity index is 1.87. The number of aryl methyl sites for hydroxylation is 1. The van der Waals surface area contributed by atoms with E-state index in [9.17, 15) is 19.4 Å². The van der Waals surface area contributed by atoms with Gasteiger partial charge in [0, 0.05) is 17.5 Å². The Labute approximate surface area is 135 Å². The number of aliphatic hydroxyl groups is 3. The number of halogens is 1. The van der Waals surface area contributed by atoms with Crippen LogP contribution in [0.25, 0.3) is 11.0 Å². The van der Waals surface area contributed by atoms with Crippen LogP contribution in [-0.2, 0) is 4.74 Å². The fraction of sp³-hybridized carbons (Fsp3) is 0.438. The van der Waals surface area contributed by atoms with Crippen LogP contribution in [0.2, 0.25) is 0 Å². The second-order valence-electron chi connectivity index (χ2n) is 5.68. The Morgan fingerprint density at radius 1 is 1.25 bits per heavy atom. The van der Waals surface area contributed by atoms with Crippen molar-refractivity contribution >= 4 is 11.0 Å². The number of ether oxygens (including phenoxy) is 2. The molecule has 24 heavy (non-hydrogen) atoms. The molecule has 0 spiro atoms. The summed E-state index contributed by atoms with van der Waals surface area (Å²) in [5.74, 6) is 0.181. The minimum Gasteiger partial charge on any atom is -0.462 e. The van der Waals surface area contributed by atoms with Crippen LogP contribution in [0.5, 0.6) is 5.75 Å². The van der Waals surface area contributed by atoms with E-state index < -0.39 is 43.0 Å². The predicted molar refractivity (Wildman–Crippen MR) is 80.5 cm³/mol. The topological polar surface area (TPSA) is 109 Å². The third kappa shape index (κ3) is 3.01. The summed E-state index contributed by atoms with van der Waals surface area (Å²) in [5, 5.41) is 29.2. The Hall–Kier alpha value is -2.00. The third-order valence-electron chi connectivity index (χ3n) is 3.98. The van der Waals surface area contributed by atoms with Crippen molar-refractivity contribution in [3.05, 3.63) is 40.2 Å². The van der Waals surface area contributed by atoms with Crippen LogP contribution in [0.4, 0.5) is 4.39 Å². The molecule has 2 heterocycles. The van der Waals surface area contributed by atoms with Crippen LogP contribution in [0.3, 0.4) is 0 Å². The van der Waals surface area contributed by atoms with E-state index in [1.807, 2.05) is 0 Å². The highest BCUT2D eigenvalue weighted by molar-refractivity contribution is 5.81. The van der Waals surface area contributed by atoms with E-state index in [0.29, 0.717) is 5.39 Å². The highest BCUT2D eigenvalue weighted by Gasteiger charge is 2.46. The largest absolute Gasteiger partial charge is 0.462 e. The van der Waals surface area contributed by atoms with E-state index in [0.717, 1.165) is 5.56 Å². The van der Waals surface area contributed by atoms with Crippen LogP contribution in [0.1, 0.15) is 5.56 Å². The minimum atomic E-state index is -2.03. The summed E-state index contributed by atoms with van der Waals surface area (Å²) in [4.78, 5) is 11.4. The smallest absolute Gasteiger partial charge is 0.336 e. The molecule has 1 fully saturated rings. The molecule has 1 aromatic carbocycles. The third-order valence-corrected chi connectivity index (χ3v) is 3.98. The van der Waals surface area contributed by atoms with E-state index in [2.05, 4.69) is 0 Å². The quantitative estimate of drug-likeness (QED) is 0.688. The lowest BCUT2D eigenvalue weighted by Crippen LogP contribution is -2.58. The van der Waals surface area contributed by atoms with Crippen LogP contribution in [-0.4, -0.2) is 52.7 Å². The molecule has 2 aromatic rings. The van der Waals surface area contributed by atoms with Gasteiger partial charge in [-0.15, -0.1) is 0 Å². The van der Waals surface area contributed by atoms with Gasteiger partial charge in [0.2, 0.25) is 6.29 Å². The molecule has 1 aliphatic rings. The first-order valence-corrected chi connectivity index (χ1v) is 7.38. The van der Waals surface area contributed by atoms with Crippen LogP contribution < -0.4 is 10.4 Å². The Kier molecular flexibility index (Phi) is 4.55. The van der Waals surface area contributed by atoms with Gasteiger partial charge in [-0.05, 0) is 24.6 Å². The Morgan fingerprint density at radius 2 is 2.00 bits per heavy atom. The number of hydrogen-bond acceptors (Lipinski definition) is 7. The number of alkyl halides is 1. The molecule has 5 atom stereocenters. The van der Waals surface area contributed by atoms with Gasteiger partial charge in [-0.3, -0.25) is 0 Å². The first kappa shape index (κ1) is 16.8. The molecule has 1 aromatic heterocycles. The number of aliphatic hydroxyl groups excluding tert-OH is 3. The molecular weight excluding hydrogens is 323 g/mol. The molecule has 1 saturated heterocycles. The molecule has 1 aliphatic heterocycles. The lowest BCUT2D eigenvalue weighted by molar-refractivity contribution is -0.265. The van der Waals surface area contributed by atoms with E-state index in [1.54, 1.807) is 19.1 Å². The molecule has 7 nitrogen and oxygen atoms in total. The van der Waals surface area contributed by atoms with Crippen molar-refractivity contribution in [2.75, 3.05) is 6.61 Å². The summed E-state index contributed by atoms with van der Waals surface area (Å²) >= 11 is 0. The van der Waals surface area contributed by atoms with Crippen molar-refractivity contribution in [3.63, 3.8) is 0 Å². The van der Waals surface area contributed by atoms with Gasteiger partial charge >= 0.3 is 5.63 Å². The standard InChI is InChI=1S/C16H17FO7/c1-7-4-12(19)23-10-5-8(2-3-9(7)10)22-16-15(21)13(17)14(20)11(6-18)24-16/h2-5,11,13-16,18,20-21H,6H2,1H3/t11-,13+,14+,15-,16-/m1/s1. The van der Waals surface area contributed by atoms with E-state index in [1.165, 1.54) is 12.1 Å². The normalized spacial score (nSPS) is 30.5. The molecule has 0 bridgehead atoms. The van der Waals surface area contributed by atoms with Crippen molar-refractivity contribution in [2.45, 2.75) is 37.7 Å². The van der Waals surface area contributed by atoms with Crippen LogP contribution in [0, 0.1) is 6.92 Å². The zero-order valence-electron chi connectivity index (χ0n) is 12.8. The first-order valence-electron chi connectivity index (χ1n) is 7.38. The van der Waals surface area contributed by atoms with Crippen molar-refractivity contribution in [1.82, 2.24) is 0 Å². The second kappa shape index (κ2) is 6.48. The Bertz CT molecular complexity index is 788. The molecule has 0 aliphatic carbocycles. The monoisotopic (exact) mass is 340 g/mol. The van der Waals surface area contributed by atoms with Gasteiger partial charge in [0.25, 0.3) is 0 Å². The second-order valence-corrected chi connectivity index (χ2v) is 5.68. The van der Waals surface area contributed by atoms with Gasteiger partial charge in [-0.2, -0.15) is 0 Å². The van der Waals surface area contributed by atoms with E-state index in [4.69, 9.17) is 19.0 Å². The molecule has 130 valence electrons. The van der Waals surface area contributed by atoms with Gasteiger partial charge in [-0.25, -0.2) is 9.18 Å². The van der Waals surface area contributed by atoms with Crippen molar-refractivity contribution < 1.29 is 33.6 Å². The van der Waals surface area contributed by atoms with Crippen molar-refractivity contribution in [1.29, 1.82) is 0 Å². The lowest BCUT2D eigenvalue weighted by atomic mass is 10.0. The minimum absolute atomic E-state index is 0.181. The highest BCUT2D eigenvalue weighted by atomic mass is 19.1. The molecular formula is C16H17FO7. The summed E-state index contributed by atoms with van der Waals surface area (Å²) in [5.41, 5.74) is 0.491. The summed E-state index contributed by atoms with van der Waals surface area (Å²) in [6.45, 7) is 1.13. The summed E-state index contributed by atoms with van der Waals surface area (Å²) in [6.07, 6.45) is -8.05. The number of hydrogen-bond donors (Lipinski definition) is 3. The van der Waals surface area contributed by atoms with Gasteiger partial charge in [-0.1, -0.05) is 0 Å². The molecule has 3 N–H and O–H groups in total. The molecule has 0 radical (unpaired) electrons. The maximum Gasteiger partial charge on any atom is 0.336 e. The maximum atomic E-state index is 13.9. The van der Waals surface area contributed by atoms with Crippen LogP contribution >= 0.6 is 0 Å². The number of fused-ring (bicyclic) bond motifs is 1. The Morgan fingerprint density at radius 3 is 2.71 bits per heavy atom. The fourth-order valence-electron chi connectivity index (χ4n) is 2.65. The fourth-order valence-corrected chi connectivity index (χ4v) is 2.65. The van der Waals surface area contributed by atoms with E-state index in [-0.39, 0.29) is 11.3 Å². The average molecular weight is 340 g/mol. The van der Waals surface area contributed by atoms with Gasteiger partial charge in [0.1, 0.15) is 29.6 Å². The summed E-state index contributed by atoms with van der Waals surface area (Å²) in [6, 6.07) is 5.99. The van der Waals surface area contributed by atoms with Gasteiger partial charge in [0.15, 0.2) is 6.17 Å². The number of rotatable bonds is 3. The number of benzene rings is 1. The van der Waals surface area contributed by atoms with Crippen LogP contribution in [0.15, 0.2) is 33.5 Å². The first-order chi connectivity index (χ1) is 11.4. The lowest BCUT2D eigenvalue weighted by Gasteiger charge is -2.38. The SMILES string of the molecule is Cc1cc(=O)oc2cc(O[C@@H]3O[C@H](CO)[C@H](O)[C@H](F)[C@H]3O)ccc12. The summed E-state index contributed by atoms with van der Waals surface area (Å²) in [7, 11) is 0. The maximum absolute atomic E-state index is 13.9. The zero-order chi connectivity index (χ0) is 17.4. The predicted octanol–water partition coefficient (Wildman–Crippen LogP) is 0.257. The molecule has 0 saturated carbocycles. The van der Waals surface area contributed by atoms with Gasteiger partial charge < -0.3 is 29.2 Å². The molecule has 8 heteroatoms. The molecule has 0 unspecified atom stereocenters. The zero-order valence-corrected chi connectivity index (χ0v) is 12.8.